The maximum Gasteiger partial charge on any atom is 0.269 e. The van der Waals surface area contributed by atoms with Crippen LogP contribution in [0.3, 0.4) is 0 Å². The lowest BCUT2D eigenvalue weighted by atomic mass is 10.2. The number of non-ortho nitro benzene ring substituents is 1. The molecule has 1 aromatic carbocycles. The molecule has 0 amide bonds. The molecule has 0 unspecified atom stereocenters. The highest BCUT2D eigenvalue weighted by Crippen LogP contribution is 2.17. The van der Waals surface area contributed by atoms with E-state index in [2.05, 4.69) is 0 Å². The van der Waals surface area contributed by atoms with Gasteiger partial charge in [-0.3, -0.25) is 10.1 Å². The van der Waals surface area contributed by atoms with Gasteiger partial charge < -0.3 is 10.5 Å². The van der Waals surface area contributed by atoms with Crippen molar-refractivity contribution in [2.45, 2.75) is 0 Å². The Morgan fingerprint density at radius 2 is 1.89 bits per heavy atom. The Balaban J connectivity index is 2.71. The number of rotatable bonds is 4. The predicted octanol–water partition coefficient (Wildman–Crippen LogP) is 1.23. The van der Waals surface area contributed by atoms with Crippen LogP contribution in [0.2, 0.25) is 0 Å². The van der Waals surface area contributed by atoms with E-state index < -0.39 is 4.92 Å². The molecular formula is C11H8N4O3. The number of nitro benzene ring substituents is 1. The smallest absolute Gasteiger partial charge is 0.269 e. The standard InChI is InChI=1S/C11H8N4O3/c12-5-8(6-13)11(14)7-18-10-3-1-9(2-4-10)15(16)17/h1-4H,7,14H2. The van der Waals surface area contributed by atoms with E-state index in [1.165, 1.54) is 24.3 Å². The molecule has 0 atom stereocenters. The second-order valence-corrected chi connectivity index (χ2v) is 3.16. The number of benzene rings is 1. The number of hydrogen-bond acceptors (Lipinski definition) is 6. The molecule has 0 aromatic heterocycles. The van der Waals surface area contributed by atoms with E-state index in [1.807, 2.05) is 0 Å². The number of ether oxygens (including phenoxy) is 1. The molecule has 0 aliphatic rings. The molecule has 0 spiro atoms. The van der Waals surface area contributed by atoms with Crippen LogP contribution in [0.5, 0.6) is 5.75 Å². The zero-order valence-electron chi connectivity index (χ0n) is 9.16. The first-order valence-corrected chi connectivity index (χ1v) is 4.74. The van der Waals surface area contributed by atoms with Crippen LogP contribution in [0.25, 0.3) is 0 Å². The molecule has 90 valence electrons. The average molecular weight is 244 g/mol. The molecule has 0 fully saturated rings. The molecule has 18 heavy (non-hydrogen) atoms. The first kappa shape index (κ1) is 13.0. The summed E-state index contributed by atoms with van der Waals surface area (Å²) in [6, 6.07) is 8.65. The second-order valence-electron chi connectivity index (χ2n) is 3.16. The topological polar surface area (TPSA) is 126 Å². The Labute approximate surface area is 102 Å². The fraction of sp³-hybridized carbons (Fsp3) is 0.0909. The summed E-state index contributed by atoms with van der Waals surface area (Å²) < 4.78 is 5.18. The molecule has 2 N–H and O–H groups in total. The molecule has 7 heteroatoms. The fourth-order valence-electron chi connectivity index (χ4n) is 1.07. The third kappa shape index (κ3) is 3.22. The summed E-state index contributed by atoms with van der Waals surface area (Å²) in [7, 11) is 0. The van der Waals surface area contributed by atoms with Crippen molar-refractivity contribution in [1.82, 2.24) is 0 Å². The van der Waals surface area contributed by atoms with Crippen LogP contribution in [-0.2, 0) is 0 Å². The van der Waals surface area contributed by atoms with E-state index in [4.69, 9.17) is 21.0 Å². The summed E-state index contributed by atoms with van der Waals surface area (Å²) in [6.07, 6.45) is 0. The van der Waals surface area contributed by atoms with Crippen molar-refractivity contribution in [3.63, 3.8) is 0 Å². The highest BCUT2D eigenvalue weighted by atomic mass is 16.6. The lowest BCUT2D eigenvalue weighted by Gasteiger charge is -2.05. The molecule has 1 aromatic rings. The van der Waals surface area contributed by atoms with Crippen molar-refractivity contribution in [3.05, 3.63) is 45.6 Å². The number of nitrogens with two attached hydrogens (primary N) is 1. The summed E-state index contributed by atoms with van der Waals surface area (Å²) >= 11 is 0. The fourth-order valence-corrected chi connectivity index (χ4v) is 1.07. The number of nitro groups is 1. The molecule has 1 rings (SSSR count). The van der Waals surface area contributed by atoms with Gasteiger partial charge in [0.1, 0.15) is 24.5 Å². The quantitative estimate of drug-likeness (QED) is 0.482. The summed E-state index contributed by atoms with van der Waals surface area (Å²) in [5.74, 6) is 0.360. The summed E-state index contributed by atoms with van der Waals surface area (Å²) in [5, 5.41) is 27.5. The Morgan fingerprint density at radius 1 is 1.33 bits per heavy atom. The second kappa shape index (κ2) is 5.87. The Kier molecular flexibility index (Phi) is 4.24. The van der Waals surface area contributed by atoms with E-state index in [1.54, 1.807) is 12.1 Å². The van der Waals surface area contributed by atoms with Gasteiger partial charge in [-0.15, -0.1) is 0 Å². The lowest BCUT2D eigenvalue weighted by molar-refractivity contribution is -0.384. The number of hydrogen-bond donors (Lipinski definition) is 1. The summed E-state index contributed by atoms with van der Waals surface area (Å²) in [6.45, 7) is -0.131. The first-order chi connectivity index (χ1) is 8.58. The largest absolute Gasteiger partial charge is 0.487 e. The van der Waals surface area contributed by atoms with Gasteiger partial charge in [0.15, 0.2) is 5.57 Å². The van der Waals surface area contributed by atoms with Gasteiger partial charge in [-0.1, -0.05) is 0 Å². The van der Waals surface area contributed by atoms with Crippen LogP contribution in [-0.4, -0.2) is 11.5 Å². The molecule has 0 heterocycles. The van der Waals surface area contributed by atoms with E-state index >= 15 is 0 Å². The predicted molar refractivity (Wildman–Crippen MR) is 61.0 cm³/mol. The zero-order valence-corrected chi connectivity index (χ0v) is 9.16. The third-order valence-electron chi connectivity index (χ3n) is 1.99. The van der Waals surface area contributed by atoms with Gasteiger partial charge in [0.25, 0.3) is 5.69 Å². The Morgan fingerprint density at radius 3 is 2.33 bits per heavy atom. The van der Waals surface area contributed by atoms with Crippen molar-refractivity contribution in [1.29, 1.82) is 10.5 Å². The van der Waals surface area contributed by atoms with Crippen LogP contribution in [0.15, 0.2) is 35.5 Å². The summed E-state index contributed by atoms with van der Waals surface area (Å²) in [5.41, 5.74) is 5.21. The van der Waals surface area contributed by atoms with Crippen molar-refractivity contribution >= 4 is 5.69 Å². The maximum atomic E-state index is 10.4. The Hall–Kier alpha value is -3.06. The number of allylic oxidation sites excluding steroid dienone is 1. The minimum absolute atomic E-state index is 0.0124. The average Bonchev–Trinajstić information content (AvgIpc) is 2.38. The van der Waals surface area contributed by atoms with Crippen LogP contribution < -0.4 is 10.5 Å². The molecule has 7 nitrogen and oxygen atoms in total. The van der Waals surface area contributed by atoms with E-state index in [-0.39, 0.29) is 23.6 Å². The van der Waals surface area contributed by atoms with Crippen LogP contribution in [0.4, 0.5) is 5.69 Å². The van der Waals surface area contributed by atoms with Gasteiger partial charge in [-0.2, -0.15) is 10.5 Å². The zero-order chi connectivity index (χ0) is 13.5. The Bertz CT molecular complexity index is 547. The van der Waals surface area contributed by atoms with Gasteiger partial charge in [-0.25, -0.2) is 0 Å². The molecular weight excluding hydrogens is 236 g/mol. The number of nitrogens with zero attached hydrogens (tertiary/aromatic N) is 3. The molecule has 0 radical (unpaired) electrons. The molecule has 0 saturated carbocycles. The van der Waals surface area contributed by atoms with Crippen LogP contribution in [0, 0.1) is 32.8 Å². The number of nitriles is 2. The van der Waals surface area contributed by atoms with Gasteiger partial charge in [0.05, 0.1) is 10.6 Å². The normalized spacial score (nSPS) is 8.78. The molecule has 0 aliphatic heterocycles. The SMILES string of the molecule is N#CC(C#N)=C(N)COc1ccc([N+](=O)[O-])cc1. The molecule has 0 bridgehead atoms. The minimum atomic E-state index is -0.526. The van der Waals surface area contributed by atoms with Crippen LogP contribution in [0.1, 0.15) is 0 Å². The van der Waals surface area contributed by atoms with Gasteiger partial charge >= 0.3 is 0 Å². The van der Waals surface area contributed by atoms with Crippen molar-refractivity contribution < 1.29 is 9.66 Å². The molecule has 0 saturated heterocycles. The van der Waals surface area contributed by atoms with Crippen molar-refractivity contribution in [3.8, 4) is 17.9 Å². The molecule has 0 aliphatic carbocycles. The van der Waals surface area contributed by atoms with Crippen molar-refractivity contribution in [2.75, 3.05) is 6.61 Å². The monoisotopic (exact) mass is 244 g/mol. The van der Waals surface area contributed by atoms with E-state index in [0.29, 0.717) is 5.75 Å². The first-order valence-electron chi connectivity index (χ1n) is 4.74. The van der Waals surface area contributed by atoms with E-state index in [0.717, 1.165) is 0 Å². The lowest BCUT2D eigenvalue weighted by Crippen LogP contribution is -2.11. The van der Waals surface area contributed by atoms with Crippen LogP contribution >= 0.6 is 0 Å². The highest BCUT2D eigenvalue weighted by Gasteiger charge is 2.06. The summed E-state index contributed by atoms with van der Waals surface area (Å²) in [4.78, 5) is 9.88. The van der Waals surface area contributed by atoms with Crippen molar-refractivity contribution in [2.24, 2.45) is 5.73 Å². The highest BCUT2D eigenvalue weighted by molar-refractivity contribution is 5.40. The van der Waals surface area contributed by atoms with Gasteiger partial charge in [0, 0.05) is 12.1 Å². The van der Waals surface area contributed by atoms with Gasteiger partial charge in [-0.05, 0) is 12.1 Å². The minimum Gasteiger partial charge on any atom is -0.487 e. The van der Waals surface area contributed by atoms with E-state index in [9.17, 15) is 10.1 Å². The van der Waals surface area contributed by atoms with Gasteiger partial charge in [0.2, 0.25) is 0 Å². The third-order valence-corrected chi connectivity index (χ3v) is 1.99. The maximum absolute atomic E-state index is 10.4.